The summed E-state index contributed by atoms with van der Waals surface area (Å²) in [6.07, 6.45) is 0. The smallest absolute Gasteiger partial charge is 0.267 e. The molecule has 0 bridgehead atoms. The van der Waals surface area contributed by atoms with E-state index in [9.17, 15) is 13.2 Å². The summed E-state index contributed by atoms with van der Waals surface area (Å²) in [5.74, 6) is 0.194. The summed E-state index contributed by atoms with van der Waals surface area (Å²) in [7, 11) is 1.39. The number of hydrogen-bond donors (Lipinski definition) is 1. The number of thiophene rings is 1. The summed E-state index contributed by atoms with van der Waals surface area (Å²) in [6, 6.07) is 15.5. The van der Waals surface area contributed by atoms with Crippen molar-refractivity contribution in [3.63, 3.8) is 0 Å². The summed E-state index contributed by atoms with van der Waals surface area (Å²) in [5.41, 5.74) is 2.06. The lowest BCUT2D eigenvalue weighted by Crippen LogP contribution is -2.28. The molecule has 3 aromatic rings. The fraction of sp³-hybridized carbons (Fsp3) is 0.227. The molecule has 0 atom stereocenters. The Balaban J connectivity index is 1.82. The molecule has 31 heavy (non-hydrogen) atoms. The van der Waals surface area contributed by atoms with E-state index in [4.69, 9.17) is 4.74 Å². The van der Waals surface area contributed by atoms with E-state index in [0.717, 1.165) is 21.3 Å². The van der Waals surface area contributed by atoms with Gasteiger partial charge in [0.2, 0.25) is 0 Å². The van der Waals surface area contributed by atoms with E-state index >= 15 is 0 Å². The molecule has 3 rings (SSSR count). The Hall–Kier alpha value is -3.04. The standard InChI is InChI=1S/C22H25N3O4S2/c1-5-29-19-12-10-18(11-13-19)25(4)31(27,28)20-14-15-30-21(20)22(26)23-16-6-8-17(9-7-16)24(2)3/h6-15H,5H2,1-4H3,(H,23,26). The molecule has 0 aliphatic rings. The topological polar surface area (TPSA) is 78.9 Å². The van der Waals surface area contributed by atoms with Crippen molar-refractivity contribution in [2.24, 2.45) is 0 Å². The third-order valence-corrected chi connectivity index (χ3v) is 7.50. The lowest BCUT2D eigenvalue weighted by molar-refractivity contribution is 0.102. The maximum Gasteiger partial charge on any atom is 0.267 e. The second-order valence-corrected chi connectivity index (χ2v) is 9.76. The van der Waals surface area contributed by atoms with E-state index in [-0.39, 0.29) is 9.77 Å². The minimum atomic E-state index is -3.92. The normalized spacial score (nSPS) is 11.1. The summed E-state index contributed by atoms with van der Waals surface area (Å²) in [4.78, 5) is 14.9. The van der Waals surface area contributed by atoms with E-state index in [1.54, 1.807) is 41.8 Å². The predicted molar refractivity (Wildman–Crippen MR) is 126 cm³/mol. The molecular formula is C22H25N3O4S2. The van der Waals surface area contributed by atoms with Crippen LogP contribution in [-0.2, 0) is 10.0 Å². The Morgan fingerprint density at radius 2 is 1.58 bits per heavy atom. The number of nitrogens with zero attached hydrogens (tertiary/aromatic N) is 2. The van der Waals surface area contributed by atoms with Gasteiger partial charge in [-0.25, -0.2) is 8.42 Å². The second-order valence-electron chi connectivity index (χ2n) is 6.91. The molecule has 1 amide bonds. The molecule has 7 nitrogen and oxygen atoms in total. The average molecular weight is 460 g/mol. The van der Waals surface area contributed by atoms with Crippen LogP contribution in [0.5, 0.6) is 5.75 Å². The number of rotatable bonds is 8. The van der Waals surface area contributed by atoms with E-state index in [1.165, 1.54) is 13.1 Å². The summed E-state index contributed by atoms with van der Waals surface area (Å²) < 4.78 is 33.0. The minimum absolute atomic E-state index is 0.0312. The van der Waals surface area contributed by atoms with E-state index in [1.807, 2.05) is 38.1 Å². The molecule has 164 valence electrons. The van der Waals surface area contributed by atoms with E-state index < -0.39 is 15.9 Å². The quantitative estimate of drug-likeness (QED) is 0.544. The Morgan fingerprint density at radius 3 is 2.16 bits per heavy atom. The van der Waals surface area contributed by atoms with Crippen LogP contribution in [0, 0.1) is 0 Å². The van der Waals surface area contributed by atoms with Gasteiger partial charge in [-0.15, -0.1) is 11.3 Å². The molecule has 0 saturated carbocycles. The molecule has 9 heteroatoms. The van der Waals surface area contributed by atoms with E-state index in [2.05, 4.69) is 5.32 Å². The van der Waals surface area contributed by atoms with Crippen LogP contribution in [0.15, 0.2) is 64.9 Å². The monoisotopic (exact) mass is 459 g/mol. The molecule has 0 aliphatic carbocycles. The van der Waals surface area contributed by atoms with Crippen LogP contribution >= 0.6 is 11.3 Å². The molecule has 1 N–H and O–H groups in total. The van der Waals surface area contributed by atoms with Crippen molar-refractivity contribution in [2.75, 3.05) is 42.3 Å². The first-order valence-corrected chi connectivity index (χ1v) is 11.9. The van der Waals surface area contributed by atoms with Gasteiger partial charge in [0.1, 0.15) is 15.5 Å². The summed E-state index contributed by atoms with van der Waals surface area (Å²) in [6.45, 7) is 2.41. The van der Waals surface area contributed by atoms with Crippen molar-refractivity contribution in [3.05, 3.63) is 64.9 Å². The van der Waals surface area contributed by atoms with Crippen LogP contribution in [0.25, 0.3) is 0 Å². The highest BCUT2D eigenvalue weighted by molar-refractivity contribution is 7.93. The second kappa shape index (κ2) is 9.40. The highest BCUT2D eigenvalue weighted by Crippen LogP contribution is 2.29. The maximum absolute atomic E-state index is 13.2. The van der Waals surface area contributed by atoms with Crippen molar-refractivity contribution in [1.82, 2.24) is 0 Å². The Morgan fingerprint density at radius 1 is 0.968 bits per heavy atom. The van der Waals surface area contributed by atoms with Gasteiger partial charge in [-0.05, 0) is 66.9 Å². The lowest BCUT2D eigenvalue weighted by atomic mass is 10.2. The van der Waals surface area contributed by atoms with Crippen LogP contribution in [0.1, 0.15) is 16.6 Å². The van der Waals surface area contributed by atoms with Gasteiger partial charge in [-0.3, -0.25) is 9.10 Å². The summed E-state index contributed by atoms with van der Waals surface area (Å²) >= 11 is 1.09. The maximum atomic E-state index is 13.2. The van der Waals surface area contributed by atoms with Gasteiger partial charge >= 0.3 is 0 Å². The number of carbonyl (C=O) groups is 1. The van der Waals surface area contributed by atoms with Gasteiger partial charge in [-0.1, -0.05) is 0 Å². The zero-order valence-electron chi connectivity index (χ0n) is 17.8. The third-order valence-electron chi connectivity index (χ3n) is 4.63. The lowest BCUT2D eigenvalue weighted by Gasteiger charge is -2.20. The molecule has 2 aromatic carbocycles. The zero-order valence-corrected chi connectivity index (χ0v) is 19.5. The van der Waals surface area contributed by atoms with Crippen LogP contribution in [0.2, 0.25) is 0 Å². The number of nitrogens with one attached hydrogen (secondary N) is 1. The number of carbonyl (C=O) groups excluding carboxylic acids is 1. The minimum Gasteiger partial charge on any atom is -0.494 e. The van der Waals surface area contributed by atoms with Crippen LogP contribution in [0.4, 0.5) is 17.1 Å². The Bertz CT molecular complexity index is 1140. The molecule has 0 fully saturated rings. The number of sulfonamides is 1. The van der Waals surface area contributed by atoms with Gasteiger partial charge < -0.3 is 15.0 Å². The largest absolute Gasteiger partial charge is 0.494 e. The number of hydrogen-bond acceptors (Lipinski definition) is 6. The summed E-state index contributed by atoms with van der Waals surface area (Å²) in [5, 5.41) is 4.38. The highest BCUT2D eigenvalue weighted by Gasteiger charge is 2.28. The highest BCUT2D eigenvalue weighted by atomic mass is 32.2. The molecule has 1 aromatic heterocycles. The van der Waals surface area contributed by atoms with Gasteiger partial charge in [0.15, 0.2) is 0 Å². The van der Waals surface area contributed by atoms with Crippen molar-refractivity contribution >= 4 is 44.3 Å². The van der Waals surface area contributed by atoms with Gasteiger partial charge in [-0.2, -0.15) is 0 Å². The van der Waals surface area contributed by atoms with Gasteiger partial charge in [0.05, 0.1) is 12.3 Å². The van der Waals surface area contributed by atoms with Gasteiger partial charge in [0, 0.05) is 32.5 Å². The molecule has 1 heterocycles. The molecule has 0 saturated heterocycles. The van der Waals surface area contributed by atoms with Crippen LogP contribution in [0.3, 0.4) is 0 Å². The SMILES string of the molecule is CCOc1ccc(N(C)S(=O)(=O)c2ccsc2C(=O)Nc2ccc(N(C)C)cc2)cc1. The number of amides is 1. The first kappa shape index (κ1) is 22.6. The first-order chi connectivity index (χ1) is 14.7. The van der Waals surface area contributed by atoms with Crippen LogP contribution in [-0.4, -0.2) is 42.1 Å². The number of ether oxygens (including phenoxy) is 1. The molecule has 0 spiro atoms. The van der Waals surface area contributed by atoms with Crippen molar-refractivity contribution in [1.29, 1.82) is 0 Å². The van der Waals surface area contributed by atoms with Crippen molar-refractivity contribution < 1.29 is 17.9 Å². The van der Waals surface area contributed by atoms with E-state index in [0.29, 0.717) is 23.7 Å². The Kier molecular flexibility index (Phi) is 6.87. The fourth-order valence-corrected chi connectivity index (χ4v) is 5.39. The van der Waals surface area contributed by atoms with Gasteiger partial charge in [0.25, 0.3) is 15.9 Å². The van der Waals surface area contributed by atoms with Crippen LogP contribution < -0.4 is 19.3 Å². The number of benzene rings is 2. The fourth-order valence-electron chi connectivity index (χ4n) is 2.90. The molecule has 0 unspecified atom stereocenters. The zero-order chi connectivity index (χ0) is 22.6. The Labute approximate surface area is 186 Å². The van der Waals surface area contributed by atoms with Crippen molar-refractivity contribution in [2.45, 2.75) is 11.8 Å². The molecular weight excluding hydrogens is 434 g/mol. The first-order valence-electron chi connectivity index (χ1n) is 9.62. The molecule has 0 radical (unpaired) electrons. The number of anilines is 3. The predicted octanol–water partition coefficient (Wildman–Crippen LogP) is 4.29. The third kappa shape index (κ3) is 5.00. The molecule has 0 aliphatic heterocycles. The average Bonchev–Trinajstić information content (AvgIpc) is 3.25. The van der Waals surface area contributed by atoms with Crippen molar-refractivity contribution in [3.8, 4) is 5.75 Å².